The van der Waals surface area contributed by atoms with Crippen LogP contribution in [0.5, 0.6) is 0 Å². The zero-order valence-corrected chi connectivity index (χ0v) is 9.23. The van der Waals surface area contributed by atoms with Gasteiger partial charge in [0.1, 0.15) is 5.72 Å². The first-order chi connectivity index (χ1) is 7.66. The Morgan fingerprint density at radius 2 is 1.75 bits per heavy atom. The van der Waals surface area contributed by atoms with Crippen molar-refractivity contribution in [1.29, 1.82) is 0 Å². The quantitative estimate of drug-likeness (QED) is 0.773. The maximum absolute atomic E-state index is 12.7. The van der Waals surface area contributed by atoms with Gasteiger partial charge in [0, 0.05) is 24.8 Å². The molecule has 0 atom stereocenters. The van der Waals surface area contributed by atoms with Crippen LogP contribution in [0.2, 0.25) is 0 Å². The van der Waals surface area contributed by atoms with E-state index >= 15 is 0 Å². The monoisotopic (exact) mass is 233 g/mol. The SMILES string of the molecule is FCC1(CF)CC2(C1)NCC1(COC1)CO2. The molecule has 3 nitrogen and oxygen atoms in total. The van der Waals surface area contributed by atoms with Gasteiger partial charge in [-0.15, -0.1) is 0 Å². The average Bonchev–Trinajstić information content (AvgIpc) is 2.24. The Morgan fingerprint density at radius 1 is 1.06 bits per heavy atom. The van der Waals surface area contributed by atoms with Gasteiger partial charge in [0.25, 0.3) is 0 Å². The highest BCUT2D eigenvalue weighted by Gasteiger charge is 2.59. The molecule has 0 aromatic heterocycles. The summed E-state index contributed by atoms with van der Waals surface area (Å²) in [6.07, 6.45) is 0.897. The first kappa shape index (κ1) is 10.9. The van der Waals surface area contributed by atoms with Crippen LogP contribution in [0.15, 0.2) is 0 Å². The molecular weight excluding hydrogens is 216 g/mol. The summed E-state index contributed by atoms with van der Waals surface area (Å²) in [4.78, 5) is 0. The molecule has 3 rings (SSSR count). The zero-order chi connectivity index (χ0) is 11.3. The van der Waals surface area contributed by atoms with E-state index in [-0.39, 0.29) is 5.41 Å². The lowest BCUT2D eigenvalue weighted by Crippen LogP contribution is -2.71. The Labute approximate surface area is 93.5 Å². The molecule has 1 saturated carbocycles. The van der Waals surface area contributed by atoms with Crippen LogP contribution in [-0.2, 0) is 9.47 Å². The van der Waals surface area contributed by atoms with Gasteiger partial charge in [-0.1, -0.05) is 0 Å². The summed E-state index contributed by atoms with van der Waals surface area (Å²) in [5, 5.41) is 3.31. The van der Waals surface area contributed by atoms with E-state index in [2.05, 4.69) is 5.32 Å². The molecule has 0 amide bonds. The number of halogens is 2. The maximum Gasteiger partial charge on any atom is 0.120 e. The first-order valence-electron chi connectivity index (χ1n) is 5.74. The van der Waals surface area contributed by atoms with Gasteiger partial charge in [-0.2, -0.15) is 0 Å². The second kappa shape index (κ2) is 3.37. The summed E-state index contributed by atoms with van der Waals surface area (Å²) < 4.78 is 36.4. The van der Waals surface area contributed by atoms with Crippen molar-refractivity contribution >= 4 is 0 Å². The lowest BCUT2D eigenvalue weighted by Gasteiger charge is -2.59. The Kier molecular flexibility index (Phi) is 2.29. The van der Waals surface area contributed by atoms with Crippen molar-refractivity contribution in [3.05, 3.63) is 0 Å². The molecule has 2 aliphatic heterocycles. The highest BCUT2D eigenvalue weighted by Crippen LogP contribution is 2.52. The van der Waals surface area contributed by atoms with Gasteiger partial charge in [0.15, 0.2) is 0 Å². The number of hydrogen-bond donors (Lipinski definition) is 1. The third kappa shape index (κ3) is 1.41. The molecule has 0 radical (unpaired) electrons. The second-order valence-corrected chi connectivity index (χ2v) is 5.75. The summed E-state index contributed by atoms with van der Waals surface area (Å²) in [7, 11) is 0. The summed E-state index contributed by atoms with van der Waals surface area (Å²) in [6, 6.07) is 0. The molecular formula is C11H17F2NO2. The highest BCUT2D eigenvalue weighted by molar-refractivity contribution is 5.07. The first-order valence-corrected chi connectivity index (χ1v) is 5.74. The number of hydrogen-bond acceptors (Lipinski definition) is 3. The molecule has 2 saturated heterocycles. The third-order valence-electron chi connectivity index (χ3n) is 4.14. The lowest BCUT2D eigenvalue weighted by molar-refractivity contribution is -0.273. The normalized spacial score (nSPS) is 33.4. The number of ether oxygens (including phenoxy) is 2. The molecule has 0 unspecified atom stereocenters. The Hall–Kier alpha value is -0.260. The van der Waals surface area contributed by atoms with Gasteiger partial charge in [-0.3, -0.25) is 14.1 Å². The smallest absolute Gasteiger partial charge is 0.120 e. The summed E-state index contributed by atoms with van der Waals surface area (Å²) >= 11 is 0. The fourth-order valence-electron chi connectivity index (χ4n) is 2.93. The third-order valence-corrected chi connectivity index (χ3v) is 4.14. The van der Waals surface area contributed by atoms with Gasteiger partial charge in [0.2, 0.25) is 0 Å². The molecule has 16 heavy (non-hydrogen) atoms. The topological polar surface area (TPSA) is 30.5 Å². The van der Waals surface area contributed by atoms with Gasteiger partial charge in [-0.05, 0) is 0 Å². The molecule has 1 N–H and O–H groups in total. The van der Waals surface area contributed by atoms with Crippen molar-refractivity contribution in [2.75, 3.05) is 39.7 Å². The van der Waals surface area contributed by atoms with Crippen LogP contribution in [0.4, 0.5) is 8.78 Å². The van der Waals surface area contributed by atoms with Crippen molar-refractivity contribution in [3.63, 3.8) is 0 Å². The van der Waals surface area contributed by atoms with Crippen LogP contribution in [-0.4, -0.2) is 45.4 Å². The van der Waals surface area contributed by atoms with E-state index in [9.17, 15) is 8.78 Å². The molecule has 2 spiro atoms. The lowest BCUT2D eigenvalue weighted by atomic mass is 9.63. The van der Waals surface area contributed by atoms with Crippen LogP contribution in [0, 0.1) is 10.8 Å². The fraction of sp³-hybridized carbons (Fsp3) is 1.00. The minimum absolute atomic E-state index is 0.120. The number of rotatable bonds is 2. The minimum atomic E-state index is -0.784. The largest absolute Gasteiger partial charge is 0.380 e. The maximum atomic E-state index is 12.7. The molecule has 92 valence electrons. The van der Waals surface area contributed by atoms with Crippen LogP contribution in [0.25, 0.3) is 0 Å². The van der Waals surface area contributed by atoms with Crippen LogP contribution in [0.3, 0.4) is 0 Å². The van der Waals surface area contributed by atoms with Crippen molar-refractivity contribution in [1.82, 2.24) is 5.32 Å². The summed E-state index contributed by atoms with van der Waals surface area (Å²) in [6.45, 7) is 1.76. The predicted molar refractivity (Wildman–Crippen MR) is 53.6 cm³/mol. The molecule has 0 aromatic rings. The van der Waals surface area contributed by atoms with Crippen molar-refractivity contribution < 1.29 is 18.3 Å². The average molecular weight is 233 g/mol. The van der Waals surface area contributed by atoms with Gasteiger partial charge in [0.05, 0.1) is 38.6 Å². The predicted octanol–water partition coefficient (Wildman–Crippen LogP) is 1.04. The summed E-state index contributed by atoms with van der Waals surface area (Å²) in [5.74, 6) is 0. The van der Waals surface area contributed by atoms with E-state index in [1.807, 2.05) is 0 Å². The second-order valence-electron chi connectivity index (χ2n) is 5.75. The molecule has 1 aliphatic carbocycles. The number of alkyl halides is 2. The molecule has 3 fully saturated rings. The highest BCUT2D eigenvalue weighted by atomic mass is 19.1. The van der Waals surface area contributed by atoms with E-state index in [4.69, 9.17) is 9.47 Å². The van der Waals surface area contributed by atoms with Crippen molar-refractivity contribution in [2.24, 2.45) is 10.8 Å². The van der Waals surface area contributed by atoms with Crippen molar-refractivity contribution in [3.8, 4) is 0 Å². The molecule has 3 aliphatic rings. The van der Waals surface area contributed by atoms with Crippen LogP contribution < -0.4 is 5.32 Å². The zero-order valence-electron chi connectivity index (χ0n) is 9.23. The van der Waals surface area contributed by atoms with E-state index in [1.165, 1.54) is 0 Å². The Bertz CT molecular complexity index is 270. The van der Waals surface area contributed by atoms with E-state index in [0.717, 1.165) is 19.8 Å². The molecule has 0 bridgehead atoms. The molecule has 2 heterocycles. The van der Waals surface area contributed by atoms with Crippen LogP contribution in [0.1, 0.15) is 12.8 Å². The summed E-state index contributed by atoms with van der Waals surface area (Å²) in [5.41, 5.74) is -1.12. The van der Waals surface area contributed by atoms with Crippen molar-refractivity contribution in [2.45, 2.75) is 18.6 Å². The minimum Gasteiger partial charge on any atom is -0.380 e. The van der Waals surface area contributed by atoms with Gasteiger partial charge >= 0.3 is 0 Å². The Morgan fingerprint density at radius 3 is 2.12 bits per heavy atom. The fourth-order valence-corrected chi connectivity index (χ4v) is 2.93. The van der Waals surface area contributed by atoms with Gasteiger partial charge < -0.3 is 9.47 Å². The molecule has 0 aromatic carbocycles. The van der Waals surface area contributed by atoms with E-state index < -0.39 is 24.5 Å². The molecule has 5 heteroatoms. The van der Waals surface area contributed by atoms with E-state index in [0.29, 0.717) is 19.4 Å². The van der Waals surface area contributed by atoms with Crippen LogP contribution >= 0.6 is 0 Å². The standard InChI is InChI=1S/C11H17F2NO2/c12-3-9(4-13)1-11(2-9)14-5-10(8-16-11)6-15-7-10/h14H,1-8H2. The van der Waals surface area contributed by atoms with E-state index in [1.54, 1.807) is 0 Å². The number of nitrogens with one attached hydrogen (secondary N) is 1. The Balaban J connectivity index is 1.59. The van der Waals surface area contributed by atoms with Gasteiger partial charge in [-0.25, -0.2) is 0 Å².